The minimum absolute atomic E-state index is 0.173. The van der Waals surface area contributed by atoms with Crippen LogP contribution in [0, 0.1) is 0 Å². The van der Waals surface area contributed by atoms with Gasteiger partial charge < -0.3 is 15.7 Å². The van der Waals surface area contributed by atoms with E-state index in [9.17, 15) is 5.11 Å². The molecule has 0 unspecified atom stereocenters. The van der Waals surface area contributed by atoms with Gasteiger partial charge in [0.1, 0.15) is 5.82 Å². The molecule has 0 bridgehead atoms. The molecule has 1 spiro atoms. The van der Waals surface area contributed by atoms with Crippen molar-refractivity contribution in [1.29, 1.82) is 0 Å². The monoisotopic (exact) mass is 348 g/mol. The molecule has 2 aliphatic carbocycles. The Morgan fingerprint density at radius 3 is 2.65 bits per heavy atom. The summed E-state index contributed by atoms with van der Waals surface area (Å²) >= 11 is 0. The largest absolute Gasteiger partial charge is 0.393 e. The first-order valence-electron chi connectivity index (χ1n) is 9.49. The van der Waals surface area contributed by atoms with Crippen LogP contribution in [-0.4, -0.2) is 34.3 Å². The van der Waals surface area contributed by atoms with Crippen LogP contribution < -0.4 is 10.6 Å². The van der Waals surface area contributed by atoms with Crippen molar-refractivity contribution in [3.05, 3.63) is 53.2 Å². The van der Waals surface area contributed by atoms with Crippen LogP contribution in [-0.2, 0) is 5.41 Å². The molecule has 2 aromatic rings. The van der Waals surface area contributed by atoms with Crippen LogP contribution in [0.5, 0.6) is 0 Å². The van der Waals surface area contributed by atoms with Gasteiger partial charge in [0.25, 0.3) is 0 Å². The van der Waals surface area contributed by atoms with Crippen molar-refractivity contribution in [3.8, 4) is 0 Å². The van der Waals surface area contributed by atoms with Crippen LogP contribution in [0.25, 0.3) is 6.08 Å². The number of nitrogens with zero attached hydrogens (tertiary/aromatic N) is 3. The van der Waals surface area contributed by atoms with Gasteiger partial charge in [0.05, 0.1) is 11.8 Å². The standard InChI is InChI=1S/C21H24N4O/c22-20-23-18(15-11-16(26)12-15)13-19(24-20)25-9-7-21(8-10-25)6-5-14-3-1-2-4-17(14)21/h1-6,13,15-16,26H,7-12H2,(H2,22,23,24). The SMILES string of the molecule is Nc1nc(C2CC(O)C2)cc(N2CCC3(C=Cc4ccccc43)CC2)n1. The Labute approximate surface area is 153 Å². The number of anilines is 2. The van der Waals surface area contributed by atoms with Gasteiger partial charge in [-0.2, -0.15) is 4.98 Å². The molecule has 1 saturated heterocycles. The molecule has 134 valence electrons. The average molecular weight is 348 g/mol. The first-order valence-corrected chi connectivity index (χ1v) is 9.49. The number of nitrogen functional groups attached to an aromatic ring is 1. The summed E-state index contributed by atoms with van der Waals surface area (Å²) in [6.45, 7) is 1.92. The highest BCUT2D eigenvalue weighted by Gasteiger charge is 2.38. The van der Waals surface area contributed by atoms with Gasteiger partial charge in [0.2, 0.25) is 5.95 Å². The van der Waals surface area contributed by atoms with Crippen LogP contribution >= 0.6 is 0 Å². The highest BCUT2D eigenvalue weighted by molar-refractivity contribution is 5.65. The van der Waals surface area contributed by atoms with Crippen molar-refractivity contribution in [2.24, 2.45) is 0 Å². The third kappa shape index (κ3) is 2.50. The van der Waals surface area contributed by atoms with E-state index in [0.717, 1.165) is 50.3 Å². The maximum absolute atomic E-state index is 9.57. The molecule has 5 heteroatoms. The van der Waals surface area contributed by atoms with Gasteiger partial charge >= 0.3 is 0 Å². The lowest BCUT2D eigenvalue weighted by Gasteiger charge is -2.40. The topological polar surface area (TPSA) is 75.3 Å². The smallest absolute Gasteiger partial charge is 0.222 e. The molecule has 0 radical (unpaired) electrons. The minimum Gasteiger partial charge on any atom is -0.393 e. The predicted molar refractivity (Wildman–Crippen MR) is 103 cm³/mol. The van der Waals surface area contributed by atoms with Gasteiger partial charge in [-0.1, -0.05) is 36.4 Å². The minimum atomic E-state index is -0.191. The van der Waals surface area contributed by atoms with Crippen molar-refractivity contribution >= 4 is 17.8 Å². The summed E-state index contributed by atoms with van der Waals surface area (Å²) in [5.74, 6) is 1.58. The Balaban J connectivity index is 1.36. The highest BCUT2D eigenvalue weighted by Crippen LogP contribution is 2.44. The summed E-state index contributed by atoms with van der Waals surface area (Å²) in [6, 6.07) is 10.8. The number of aliphatic hydroxyl groups excluding tert-OH is 1. The molecule has 1 aliphatic heterocycles. The van der Waals surface area contributed by atoms with Crippen LogP contribution in [0.1, 0.15) is 48.4 Å². The van der Waals surface area contributed by atoms with Crippen LogP contribution in [0.2, 0.25) is 0 Å². The van der Waals surface area contributed by atoms with E-state index in [1.165, 1.54) is 11.1 Å². The average Bonchev–Trinajstić information content (AvgIpc) is 2.98. The number of allylic oxidation sites excluding steroid dienone is 1. The number of hydrogen-bond acceptors (Lipinski definition) is 5. The van der Waals surface area contributed by atoms with Crippen molar-refractivity contribution in [3.63, 3.8) is 0 Å². The zero-order valence-electron chi connectivity index (χ0n) is 14.8. The maximum atomic E-state index is 9.57. The molecule has 0 amide bonds. The van der Waals surface area contributed by atoms with E-state index in [4.69, 9.17) is 5.73 Å². The van der Waals surface area contributed by atoms with Crippen molar-refractivity contribution in [2.45, 2.75) is 43.1 Å². The Hall–Kier alpha value is -2.40. The molecule has 5 rings (SSSR count). The third-order valence-electron chi connectivity index (χ3n) is 6.34. The van der Waals surface area contributed by atoms with E-state index in [2.05, 4.69) is 57.4 Å². The maximum Gasteiger partial charge on any atom is 0.222 e. The zero-order valence-corrected chi connectivity index (χ0v) is 14.8. The lowest BCUT2D eigenvalue weighted by Crippen LogP contribution is -2.41. The van der Waals surface area contributed by atoms with Crippen LogP contribution in [0.4, 0.5) is 11.8 Å². The van der Waals surface area contributed by atoms with Gasteiger partial charge in [-0.15, -0.1) is 0 Å². The van der Waals surface area contributed by atoms with Gasteiger partial charge in [-0.25, -0.2) is 4.98 Å². The molecule has 0 atom stereocenters. The molecule has 5 nitrogen and oxygen atoms in total. The van der Waals surface area contributed by atoms with Crippen LogP contribution in [0.3, 0.4) is 0 Å². The van der Waals surface area contributed by atoms with E-state index >= 15 is 0 Å². The first-order chi connectivity index (χ1) is 12.6. The second kappa shape index (κ2) is 5.81. The van der Waals surface area contributed by atoms with Crippen molar-refractivity contribution < 1.29 is 5.11 Å². The summed E-state index contributed by atoms with van der Waals surface area (Å²) in [6.07, 6.45) is 8.20. The quantitative estimate of drug-likeness (QED) is 0.873. The number of benzene rings is 1. The highest BCUT2D eigenvalue weighted by atomic mass is 16.3. The zero-order chi connectivity index (χ0) is 17.7. The van der Waals surface area contributed by atoms with E-state index in [-0.39, 0.29) is 11.5 Å². The number of nitrogens with two attached hydrogens (primary N) is 1. The molecule has 3 aliphatic rings. The number of aliphatic hydroxyl groups is 1. The van der Waals surface area contributed by atoms with Gasteiger partial charge in [0.15, 0.2) is 0 Å². The molecule has 2 heterocycles. The number of fused-ring (bicyclic) bond motifs is 2. The Bertz CT molecular complexity index is 864. The molecular formula is C21H24N4O. The van der Waals surface area contributed by atoms with Gasteiger partial charge in [-0.05, 0) is 36.8 Å². The van der Waals surface area contributed by atoms with Gasteiger partial charge in [0, 0.05) is 30.5 Å². The molecule has 1 aromatic carbocycles. The fraction of sp³-hybridized carbons (Fsp3) is 0.429. The number of piperidine rings is 1. The van der Waals surface area contributed by atoms with Crippen molar-refractivity contribution in [2.75, 3.05) is 23.7 Å². The van der Waals surface area contributed by atoms with E-state index in [1.807, 2.05) is 0 Å². The molecule has 3 N–H and O–H groups in total. The number of rotatable bonds is 2. The molecule has 1 aromatic heterocycles. The summed E-state index contributed by atoms with van der Waals surface area (Å²) < 4.78 is 0. The lowest BCUT2D eigenvalue weighted by molar-refractivity contribution is 0.0732. The lowest BCUT2D eigenvalue weighted by atomic mass is 9.74. The van der Waals surface area contributed by atoms with E-state index in [1.54, 1.807) is 0 Å². The molecule has 2 fully saturated rings. The normalized spacial score (nSPS) is 26.0. The Kier molecular flexibility index (Phi) is 3.54. The predicted octanol–water partition coefficient (Wildman–Crippen LogP) is 2.86. The summed E-state index contributed by atoms with van der Waals surface area (Å²) in [5, 5.41) is 9.57. The van der Waals surface area contributed by atoms with E-state index < -0.39 is 0 Å². The Morgan fingerprint density at radius 1 is 1.12 bits per heavy atom. The molecule has 1 saturated carbocycles. The molecular weight excluding hydrogens is 324 g/mol. The van der Waals surface area contributed by atoms with E-state index in [0.29, 0.717) is 11.9 Å². The Morgan fingerprint density at radius 2 is 1.88 bits per heavy atom. The summed E-state index contributed by atoms with van der Waals surface area (Å²) in [5.41, 5.74) is 9.95. The second-order valence-electron chi connectivity index (χ2n) is 7.90. The summed E-state index contributed by atoms with van der Waals surface area (Å²) in [4.78, 5) is 11.2. The van der Waals surface area contributed by atoms with Gasteiger partial charge in [-0.3, -0.25) is 0 Å². The molecule has 26 heavy (non-hydrogen) atoms. The first kappa shape index (κ1) is 15.8. The van der Waals surface area contributed by atoms with Crippen molar-refractivity contribution in [1.82, 2.24) is 9.97 Å². The number of aromatic nitrogens is 2. The fourth-order valence-corrected chi connectivity index (χ4v) is 4.68. The number of hydrogen-bond donors (Lipinski definition) is 2. The fourth-order valence-electron chi connectivity index (χ4n) is 4.68. The third-order valence-corrected chi connectivity index (χ3v) is 6.34. The summed E-state index contributed by atoms with van der Waals surface area (Å²) in [7, 11) is 0. The second-order valence-corrected chi connectivity index (χ2v) is 7.90. The van der Waals surface area contributed by atoms with Crippen LogP contribution in [0.15, 0.2) is 36.4 Å².